The smallest absolute Gasteiger partial charge is 0.0515 e. The Kier molecular flexibility index (Phi) is 4.56. The maximum atomic E-state index is 9.23. The minimum Gasteiger partial charge on any atom is -0.393 e. The van der Waals surface area contributed by atoms with E-state index in [1.807, 2.05) is 26.0 Å². The average molecular weight is 208 g/mol. The fraction of sp³-hybridized carbons (Fsp3) is 0.583. The Labute approximate surface area is 91.5 Å². The van der Waals surface area contributed by atoms with Crippen molar-refractivity contribution >= 4 is 5.69 Å². The largest absolute Gasteiger partial charge is 0.393 e. The van der Waals surface area contributed by atoms with Crippen molar-refractivity contribution in [2.24, 2.45) is 5.92 Å². The first-order valence-corrected chi connectivity index (χ1v) is 5.42. The highest BCUT2D eigenvalue weighted by Crippen LogP contribution is 2.10. The van der Waals surface area contributed by atoms with Gasteiger partial charge in [0.15, 0.2) is 0 Å². The van der Waals surface area contributed by atoms with E-state index in [2.05, 4.69) is 17.2 Å². The van der Waals surface area contributed by atoms with Crippen LogP contribution in [0.5, 0.6) is 0 Å². The highest BCUT2D eigenvalue weighted by molar-refractivity contribution is 5.42. The van der Waals surface area contributed by atoms with Crippen molar-refractivity contribution in [2.75, 3.05) is 11.9 Å². The number of aliphatic hydroxyl groups is 1. The van der Waals surface area contributed by atoms with Gasteiger partial charge in [0.25, 0.3) is 0 Å². The van der Waals surface area contributed by atoms with Crippen molar-refractivity contribution in [1.82, 2.24) is 4.98 Å². The van der Waals surface area contributed by atoms with Gasteiger partial charge in [-0.1, -0.05) is 6.92 Å². The first-order chi connectivity index (χ1) is 7.08. The van der Waals surface area contributed by atoms with E-state index in [1.165, 1.54) is 0 Å². The van der Waals surface area contributed by atoms with Crippen molar-refractivity contribution in [2.45, 2.75) is 33.3 Å². The number of aromatic nitrogens is 1. The average Bonchev–Trinajstić information content (AvgIpc) is 2.14. The van der Waals surface area contributed by atoms with Crippen LogP contribution in [0, 0.1) is 12.8 Å². The normalized spacial score (nSPS) is 14.7. The lowest BCUT2D eigenvalue weighted by atomic mass is 10.0. The molecule has 1 aromatic rings. The number of nitrogens with zero attached hydrogens (tertiary/aromatic N) is 1. The van der Waals surface area contributed by atoms with Crippen LogP contribution in [-0.4, -0.2) is 22.7 Å². The molecule has 0 bridgehead atoms. The minimum absolute atomic E-state index is 0.221. The Hall–Kier alpha value is -1.09. The van der Waals surface area contributed by atoms with Crippen LogP contribution >= 0.6 is 0 Å². The Morgan fingerprint density at radius 1 is 1.47 bits per heavy atom. The summed E-state index contributed by atoms with van der Waals surface area (Å²) in [6, 6.07) is 3.98. The van der Waals surface area contributed by atoms with Gasteiger partial charge in [0.05, 0.1) is 6.10 Å². The van der Waals surface area contributed by atoms with Crippen LogP contribution in [0.25, 0.3) is 0 Å². The number of hydrogen-bond donors (Lipinski definition) is 2. The molecule has 3 heteroatoms. The van der Waals surface area contributed by atoms with Crippen LogP contribution in [0.1, 0.15) is 26.0 Å². The molecule has 2 unspecified atom stereocenters. The maximum absolute atomic E-state index is 9.23. The summed E-state index contributed by atoms with van der Waals surface area (Å²) in [6.45, 7) is 6.82. The molecule has 1 aromatic heterocycles. The molecular weight excluding hydrogens is 188 g/mol. The molecule has 3 nitrogen and oxygen atoms in total. The zero-order valence-corrected chi connectivity index (χ0v) is 9.70. The molecule has 84 valence electrons. The first kappa shape index (κ1) is 12.0. The maximum Gasteiger partial charge on any atom is 0.0515 e. The Morgan fingerprint density at radius 3 is 2.80 bits per heavy atom. The van der Waals surface area contributed by atoms with Crippen LogP contribution < -0.4 is 5.32 Å². The number of rotatable bonds is 5. The van der Waals surface area contributed by atoms with E-state index in [1.54, 1.807) is 6.20 Å². The fourth-order valence-corrected chi connectivity index (χ4v) is 1.61. The van der Waals surface area contributed by atoms with Crippen LogP contribution in [0.4, 0.5) is 5.69 Å². The molecule has 0 saturated carbocycles. The lowest BCUT2D eigenvalue weighted by Gasteiger charge is -2.15. The Balaban J connectivity index is 2.36. The Bertz CT molecular complexity index is 299. The minimum atomic E-state index is -0.221. The van der Waals surface area contributed by atoms with Gasteiger partial charge in [-0.2, -0.15) is 0 Å². The molecule has 0 aliphatic rings. The van der Waals surface area contributed by atoms with Gasteiger partial charge in [-0.3, -0.25) is 4.98 Å². The quantitative estimate of drug-likeness (QED) is 0.779. The second-order valence-electron chi connectivity index (χ2n) is 4.26. The topological polar surface area (TPSA) is 45.1 Å². The van der Waals surface area contributed by atoms with Crippen molar-refractivity contribution in [3.05, 3.63) is 24.0 Å². The molecule has 0 radical (unpaired) electrons. The summed E-state index contributed by atoms with van der Waals surface area (Å²) < 4.78 is 0. The van der Waals surface area contributed by atoms with Gasteiger partial charge in [-0.25, -0.2) is 0 Å². The lowest BCUT2D eigenvalue weighted by Crippen LogP contribution is -2.16. The molecule has 1 rings (SSSR count). The van der Waals surface area contributed by atoms with Gasteiger partial charge in [0.1, 0.15) is 0 Å². The third-order valence-corrected chi connectivity index (χ3v) is 2.29. The van der Waals surface area contributed by atoms with Gasteiger partial charge in [-0.15, -0.1) is 0 Å². The number of anilines is 1. The summed E-state index contributed by atoms with van der Waals surface area (Å²) in [7, 11) is 0. The molecule has 0 fully saturated rings. The number of hydrogen-bond acceptors (Lipinski definition) is 3. The summed E-state index contributed by atoms with van der Waals surface area (Å²) in [4.78, 5) is 4.14. The molecule has 0 saturated heterocycles. The molecule has 2 atom stereocenters. The predicted molar refractivity (Wildman–Crippen MR) is 62.9 cm³/mol. The van der Waals surface area contributed by atoms with Crippen molar-refractivity contribution in [1.29, 1.82) is 0 Å². The zero-order valence-electron chi connectivity index (χ0n) is 9.70. The molecule has 0 aliphatic heterocycles. The van der Waals surface area contributed by atoms with Crippen LogP contribution in [0.2, 0.25) is 0 Å². The summed E-state index contributed by atoms with van der Waals surface area (Å²) in [5.41, 5.74) is 2.11. The first-order valence-electron chi connectivity index (χ1n) is 5.42. The molecular formula is C12H20N2O. The highest BCUT2D eigenvalue weighted by Gasteiger charge is 2.05. The number of aliphatic hydroxyl groups excluding tert-OH is 1. The van der Waals surface area contributed by atoms with Crippen LogP contribution in [0.3, 0.4) is 0 Å². The van der Waals surface area contributed by atoms with E-state index in [0.29, 0.717) is 5.92 Å². The number of nitrogens with one attached hydrogen (secondary N) is 1. The van der Waals surface area contributed by atoms with Gasteiger partial charge >= 0.3 is 0 Å². The summed E-state index contributed by atoms with van der Waals surface area (Å²) >= 11 is 0. The van der Waals surface area contributed by atoms with E-state index in [0.717, 1.165) is 24.3 Å². The highest BCUT2D eigenvalue weighted by atomic mass is 16.3. The predicted octanol–water partition coefficient (Wildman–Crippen LogP) is 2.21. The molecule has 1 heterocycles. The van der Waals surface area contributed by atoms with E-state index in [9.17, 15) is 5.11 Å². The van der Waals surface area contributed by atoms with Crippen molar-refractivity contribution in [3.63, 3.8) is 0 Å². The van der Waals surface area contributed by atoms with Gasteiger partial charge in [-0.05, 0) is 38.3 Å². The van der Waals surface area contributed by atoms with Crippen molar-refractivity contribution in [3.8, 4) is 0 Å². The lowest BCUT2D eigenvalue weighted by molar-refractivity contribution is 0.166. The second kappa shape index (κ2) is 5.71. The molecule has 15 heavy (non-hydrogen) atoms. The van der Waals surface area contributed by atoms with Crippen LogP contribution in [0.15, 0.2) is 18.3 Å². The fourth-order valence-electron chi connectivity index (χ4n) is 1.61. The van der Waals surface area contributed by atoms with Gasteiger partial charge < -0.3 is 10.4 Å². The van der Waals surface area contributed by atoms with Crippen LogP contribution in [-0.2, 0) is 0 Å². The molecule has 0 spiro atoms. The molecule has 0 aliphatic carbocycles. The summed E-state index contributed by atoms with van der Waals surface area (Å²) in [5.74, 6) is 0.471. The second-order valence-corrected chi connectivity index (χ2v) is 4.26. The third-order valence-electron chi connectivity index (χ3n) is 2.29. The summed E-state index contributed by atoms with van der Waals surface area (Å²) in [5, 5.41) is 12.6. The molecule has 0 aromatic carbocycles. The van der Waals surface area contributed by atoms with E-state index in [4.69, 9.17) is 0 Å². The van der Waals surface area contributed by atoms with Gasteiger partial charge in [0, 0.05) is 24.1 Å². The third kappa shape index (κ3) is 4.79. The summed E-state index contributed by atoms with van der Waals surface area (Å²) in [6.07, 6.45) is 2.41. The van der Waals surface area contributed by atoms with E-state index < -0.39 is 0 Å². The number of aryl methyl sites for hydroxylation is 1. The van der Waals surface area contributed by atoms with E-state index >= 15 is 0 Å². The zero-order chi connectivity index (χ0) is 11.3. The molecule has 2 N–H and O–H groups in total. The van der Waals surface area contributed by atoms with E-state index in [-0.39, 0.29) is 6.10 Å². The van der Waals surface area contributed by atoms with Gasteiger partial charge in [0.2, 0.25) is 0 Å². The van der Waals surface area contributed by atoms with Crippen molar-refractivity contribution < 1.29 is 5.11 Å². The SMILES string of the molecule is Cc1cc(NCC(C)CC(C)O)ccn1. The molecule has 0 amide bonds. The Morgan fingerprint density at radius 2 is 2.20 bits per heavy atom. The monoisotopic (exact) mass is 208 g/mol. The number of pyridine rings is 1. The standard InChI is InChI=1S/C12H20N2O/c1-9(6-11(3)15)8-14-12-4-5-13-10(2)7-12/h4-5,7,9,11,15H,6,8H2,1-3H3,(H,13,14).